The summed E-state index contributed by atoms with van der Waals surface area (Å²) in [7, 11) is 0. The van der Waals surface area contributed by atoms with Gasteiger partial charge in [0.25, 0.3) is 0 Å². The third kappa shape index (κ3) is 5.49. The molecule has 0 radical (unpaired) electrons. The van der Waals surface area contributed by atoms with Gasteiger partial charge in [-0.1, -0.05) is 13.8 Å². The molecule has 2 heterocycles. The second-order valence-electron chi connectivity index (χ2n) is 7.21. The predicted octanol–water partition coefficient (Wildman–Crippen LogP) is 1.41. The molecule has 1 aliphatic rings. The van der Waals surface area contributed by atoms with E-state index in [1.165, 1.54) is 0 Å². The highest BCUT2D eigenvalue weighted by Crippen LogP contribution is 2.21. The van der Waals surface area contributed by atoms with Gasteiger partial charge in [0, 0.05) is 44.0 Å². The van der Waals surface area contributed by atoms with Crippen molar-refractivity contribution < 1.29 is 14.4 Å². The minimum Gasteiger partial charge on any atom is -0.355 e. The smallest absolute Gasteiger partial charge is 0.234 e. The van der Waals surface area contributed by atoms with Crippen LogP contribution < -0.4 is 5.32 Å². The van der Waals surface area contributed by atoms with Gasteiger partial charge in [0.05, 0.1) is 18.8 Å². The molecule has 1 aromatic rings. The number of nitrogens with zero attached hydrogens (tertiary/aromatic N) is 2. The summed E-state index contributed by atoms with van der Waals surface area (Å²) in [6, 6.07) is 0. The number of H-pyrrole nitrogens is 1. The number of amides is 1. The number of aromatic nitrogens is 1. The van der Waals surface area contributed by atoms with Crippen LogP contribution in [0.15, 0.2) is 0 Å². The topological polar surface area (TPSA) is 85.5 Å². The van der Waals surface area contributed by atoms with E-state index in [-0.39, 0.29) is 17.5 Å². The Morgan fingerprint density at radius 1 is 1.04 bits per heavy atom. The van der Waals surface area contributed by atoms with Crippen molar-refractivity contribution in [3.63, 3.8) is 0 Å². The number of hydrogen-bond acceptors (Lipinski definition) is 5. The van der Waals surface area contributed by atoms with E-state index < -0.39 is 0 Å². The molecule has 1 aliphatic heterocycles. The number of hydrogen-bond donors (Lipinski definition) is 2. The van der Waals surface area contributed by atoms with Crippen LogP contribution in [0.25, 0.3) is 0 Å². The molecule has 1 aromatic heterocycles. The molecule has 0 atom stereocenters. The molecule has 2 rings (SSSR count). The fourth-order valence-corrected chi connectivity index (χ4v) is 3.66. The third-order valence-corrected chi connectivity index (χ3v) is 5.05. The number of aromatic amines is 1. The third-order valence-electron chi connectivity index (χ3n) is 5.05. The number of carbonyl (C=O) groups excluding carboxylic acids is 3. The Labute approximate surface area is 161 Å². The summed E-state index contributed by atoms with van der Waals surface area (Å²) in [6.45, 7) is 11.9. The summed E-state index contributed by atoms with van der Waals surface area (Å²) in [5.74, 6) is 0.0822. The minimum absolute atomic E-state index is 0.00499. The summed E-state index contributed by atoms with van der Waals surface area (Å²) in [6.07, 6.45) is 1.59. The molecule has 2 N–H and O–H groups in total. The normalized spacial score (nSPS) is 15.7. The van der Waals surface area contributed by atoms with Crippen molar-refractivity contribution in [2.45, 2.75) is 40.5 Å². The van der Waals surface area contributed by atoms with Gasteiger partial charge < -0.3 is 10.3 Å². The Morgan fingerprint density at radius 2 is 1.63 bits per heavy atom. The fraction of sp³-hybridized carbons (Fsp3) is 0.650. The van der Waals surface area contributed by atoms with Gasteiger partial charge in [-0.25, -0.2) is 0 Å². The molecule has 0 aliphatic carbocycles. The average molecular weight is 377 g/mol. The first-order chi connectivity index (χ1) is 12.9. The molecular formula is C20H32N4O3. The largest absolute Gasteiger partial charge is 0.355 e. The monoisotopic (exact) mass is 376 g/mol. The summed E-state index contributed by atoms with van der Waals surface area (Å²) in [5, 5.41) is 2.89. The van der Waals surface area contributed by atoms with Gasteiger partial charge in [0.15, 0.2) is 11.6 Å². The van der Waals surface area contributed by atoms with E-state index in [9.17, 15) is 14.4 Å². The Hall–Kier alpha value is -1.99. The molecule has 0 aromatic carbocycles. The zero-order valence-electron chi connectivity index (χ0n) is 17.0. The number of rotatable bonds is 9. The van der Waals surface area contributed by atoms with Crippen molar-refractivity contribution in [2.24, 2.45) is 0 Å². The van der Waals surface area contributed by atoms with E-state index >= 15 is 0 Å². The highest BCUT2D eigenvalue weighted by atomic mass is 16.2. The van der Waals surface area contributed by atoms with Gasteiger partial charge in [0.2, 0.25) is 5.91 Å². The Balaban J connectivity index is 1.90. The number of nitrogens with one attached hydrogen (secondary N) is 2. The number of Topliss-reactive ketones (excluding diaryl/α,β-unsaturated/α-hetero) is 2. The number of carbonyl (C=O) groups is 3. The lowest BCUT2D eigenvalue weighted by atomic mass is 10.0. The Morgan fingerprint density at radius 3 is 2.15 bits per heavy atom. The molecule has 0 spiro atoms. The molecule has 0 saturated carbocycles. The first-order valence-electron chi connectivity index (χ1n) is 9.84. The minimum atomic E-state index is -0.00499. The van der Waals surface area contributed by atoms with Crippen LogP contribution in [0.3, 0.4) is 0 Å². The van der Waals surface area contributed by atoms with E-state index in [2.05, 4.69) is 20.1 Å². The van der Waals surface area contributed by atoms with E-state index in [1.807, 2.05) is 20.8 Å². The molecule has 7 nitrogen and oxygen atoms in total. The molecular weight excluding hydrogens is 344 g/mol. The van der Waals surface area contributed by atoms with Gasteiger partial charge in [-0.3, -0.25) is 24.2 Å². The lowest BCUT2D eigenvalue weighted by molar-refractivity contribution is -0.122. The lowest BCUT2D eigenvalue weighted by Gasteiger charge is -2.33. The molecule has 0 unspecified atom stereocenters. The maximum absolute atomic E-state index is 12.8. The second kappa shape index (κ2) is 9.80. The summed E-state index contributed by atoms with van der Waals surface area (Å²) >= 11 is 0. The van der Waals surface area contributed by atoms with Crippen molar-refractivity contribution in [3.05, 3.63) is 22.5 Å². The fourth-order valence-electron chi connectivity index (χ4n) is 3.66. The maximum Gasteiger partial charge on any atom is 0.234 e. The van der Waals surface area contributed by atoms with Crippen LogP contribution in [0.5, 0.6) is 0 Å². The van der Waals surface area contributed by atoms with E-state index in [1.54, 1.807) is 6.92 Å². The van der Waals surface area contributed by atoms with E-state index in [0.717, 1.165) is 43.9 Å². The molecule has 1 fully saturated rings. The maximum atomic E-state index is 12.8. The van der Waals surface area contributed by atoms with Crippen LogP contribution in [0.1, 0.15) is 59.3 Å². The Kier molecular flexibility index (Phi) is 7.74. The Bertz CT molecular complexity index is 688. The van der Waals surface area contributed by atoms with Gasteiger partial charge >= 0.3 is 0 Å². The van der Waals surface area contributed by atoms with Gasteiger partial charge in [0.1, 0.15) is 0 Å². The van der Waals surface area contributed by atoms with E-state index in [0.29, 0.717) is 37.3 Å². The quantitative estimate of drug-likeness (QED) is 0.637. The SMILES string of the molecule is CCCNC(=O)CN1CCN(CC(=O)c2[nH]c(C)c(C(C)=O)c2CC)CC1. The molecule has 150 valence electrons. The van der Waals surface area contributed by atoms with Crippen molar-refractivity contribution in [2.75, 3.05) is 45.8 Å². The van der Waals surface area contributed by atoms with Crippen LogP contribution in [0, 0.1) is 6.92 Å². The first kappa shape index (κ1) is 21.3. The van der Waals surface area contributed by atoms with Crippen LogP contribution in [0.2, 0.25) is 0 Å². The van der Waals surface area contributed by atoms with Crippen molar-refractivity contribution in [1.82, 2.24) is 20.1 Å². The van der Waals surface area contributed by atoms with Crippen LogP contribution >= 0.6 is 0 Å². The van der Waals surface area contributed by atoms with Crippen LogP contribution in [0.4, 0.5) is 0 Å². The summed E-state index contributed by atoms with van der Waals surface area (Å²) < 4.78 is 0. The first-order valence-corrected chi connectivity index (χ1v) is 9.84. The van der Waals surface area contributed by atoms with Crippen molar-refractivity contribution >= 4 is 17.5 Å². The molecule has 0 bridgehead atoms. The number of ketones is 2. The number of piperazine rings is 1. The van der Waals surface area contributed by atoms with Crippen molar-refractivity contribution in [3.8, 4) is 0 Å². The van der Waals surface area contributed by atoms with Gasteiger partial charge in [-0.05, 0) is 32.3 Å². The zero-order chi connectivity index (χ0) is 20.0. The van der Waals surface area contributed by atoms with Crippen molar-refractivity contribution in [1.29, 1.82) is 0 Å². The molecule has 1 amide bonds. The predicted molar refractivity (Wildman–Crippen MR) is 105 cm³/mol. The van der Waals surface area contributed by atoms with Gasteiger partial charge in [-0.15, -0.1) is 0 Å². The summed E-state index contributed by atoms with van der Waals surface area (Å²) in [4.78, 5) is 43.9. The van der Waals surface area contributed by atoms with E-state index in [4.69, 9.17) is 0 Å². The zero-order valence-corrected chi connectivity index (χ0v) is 17.0. The molecule has 1 saturated heterocycles. The lowest BCUT2D eigenvalue weighted by Crippen LogP contribution is -2.50. The van der Waals surface area contributed by atoms with Gasteiger partial charge in [-0.2, -0.15) is 0 Å². The number of aryl methyl sites for hydroxylation is 1. The standard InChI is InChI=1S/C20H32N4O3/c1-5-7-21-18(27)13-24-10-8-23(9-11-24)12-17(26)20-16(6-2)19(15(4)25)14(3)22-20/h22H,5-13H2,1-4H3,(H,21,27). The summed E-state index contributed by atoms with van der Waals surface area (Å²) in [5.41, 5.74) is 2.83. The highest BCUT2D eigenvalue weighted by molar-refractivity contribution is 6.04. The second-order valence-corrected chi connectivity index (χ2v) is 7.21. The molecule has 27 heavy (non-hydrogen) atoms. The highest BCUT2D eigenvalue weighted by Gasteiger charge is 2.25. The van der Waals surface area contributed by atoms with Crippen LogP contribution in [-0.2, 0) is 11.2 Å². The van der Waals surface area contributed by atoms with Crippen LogP contribution in [-0.4, -0.2) is 78.1 Å². The molecule has 7 heteroatoms. The average Bonchev–Trinajstić information content (AvgIpc) is 2.98.